The Morgan fingerprint density at radius 3 is 2.55 bits per heavy atom. The second-order valence-electron chi connectivity index (χ2n) is 5.43. The summed E-state index contributed by atoms with van der Waals surface area (Å²) in [5.74, 6) is 5.64. The number of carbonyl (C=O) groups excluding carboxylic acids is 1. The monoisotopic (exact) mass is 277 g/mol. The first-order valence-electron chi connectivity index (χ1n) is 7.22. The molecule has 1 amide bonds. The fraction of sp³-hybridized carbons (Fsp3) is 0.643. The van der Waals surface area contributed by atoms with Gasteiger partial charge in [0.15, 0.2) is 5.82 Å². The molecule has 0 unspecified atom stereocenters. The number of nitrogens with zero attached hydrogens (tertiary/aromatic N) is 3. The second-order valence-corrected chi connectivity index (χ2v) is 5.43. The van der Waals surface area contributed by atoms with Crippen LogP contribution in [0.15, 0.2) is 12.4 Å². The van der Waals surface area contributed by atoms with E-state index in [4.69, 9.17) is 5.84 Å². The molecule has 1 aliphatic heterocycles. The molecule has 6 heteroatoms. The molecule has 0 radical (unpaired) electrons. The molecule has 2 heterocycles. The first-order chi connectivity index (χ1) is 9.64. The summed E-state index contributed by atoms with van der Waals surface area (Å²) in [5.41, 5.74) is 3.17. The number of hydrogen-bond acceptors (Lipinski definition) is 5. The summed E-state index contributed by atoms with van der Waals surface area (Å²) < 4.78 is 0. The van der Waals surface area contributed by atoms with Crippen molar-refractivity contribution < 1.29 is 4.79 Å². The standard InChI is InChI=1S/C14H23N5O/c1-3-14(4-2)5-7-19(8-6-14)13(20)11-9-16-10-12(17-11)18-15/h9-10H,3-8,15H2,1-2H3,(H,17,18). The summed E-state index contributed by atoms with van der Waals surface area (Å²) in [6.45, 7) is 6.07. The third kappa shape index (κ3) is 2.90. The van der Waals surface area contributed by atoms with Crippen molar-refractivity contribution in [2.45, 2.75) is 39.5 Å². The van der Waals surface area contributed by atoms with Gasteiger partial charge in [-0.15, -0.1) is 0 Å². The van der Waals surface area contributed by atoms with E-state index in [0.29, 0.717) is 16.9 Å². The van der Waals surface area contributed by atoms with Crippen molar-refractivity contribution >= 4 is 11.7 Å². The van der Waals surface area contributed by atoms with Gasteiger partial charge < -0.3 is 10.3 Å². The molecular formula is C14H23N5O. The number of aromatic nitrogens is 2. The smallest absolute Gasteiger partial charge is 0.274 e. The number of anilines is 1. The maximum Gasteiger partial charge on any atom is 0.274 e. The van der Waals surface area contributed by atoms with Crippen LogP contribution >= 0.6 is 0 Å². The number of rotatable bonds is 4. The molecule has 0 aliphatic carbocycles. The van der Waals surface area contributed by atoms with Gasteiger partial charge >= 0.3 is 0 Å². The molecule has 1 fully saturated rings. The van der Waals surface area contributed by atoms with Crippen molar-refractivity contribution in [2.75, 3.05) is 18.5 Å². The predicted molar refractivity (Wildman–Crippen MR) is 78.0 cm³/mol. The summed E-state index contributed by atoms with van der Waals surface area (Å²) in [6.07, 6.45) is 7.47. The minimum atomic E-state index is -0.0598. The van der Waals surface area contributed by atoms with Crippen LogP contribution < -0.4 is 11.3 Å². The van der Waals surface area contributed by atoms with Crippen LogP contribution in [0.2, 0.25) is 0 Å². The number of piperidine rings is 1. The number of nitrogens with two attached hydrogens (primary N) is 1. The Bertz CT molecular complexity index is 462. The molecule has 2 rings (SSSR count). The van der Waals surface area contributed by atoms with Crippen molar-refractivity contribution in [3.63, 3.8) is 0 Å². The summed E-state index contributed by atoms with van der Waals surface area (Å²) in [4.78, 5) is 22.4. The first-order valence-corrected chi connectivity index (χ1v) is 7.22. The fourth-order valence-electron chi connectivity index (χ4n) is 2.84. The Hall–Kier alpha value is -1.69. The van der Waals surface area contributed by atoms with Gasteiger partial charge in [-0.05, 0) is 18.3 Å². The lowest BCUT2D eigenvalue weighted by molar-refractivity contribution is 0.0552. The molecule has 0 aromatic carbocycles. The summed E-state index contributed by atoms with van der Waals surface area (Å²) in [7, 11) is 0. The van der Waals surface area contributed by atoms with Gasteiger partial charge in [0.25, 0.3) is 5.91 Å². The summed E-state index contributed by atoms with van der Waals surface area (Å²) in [5, 5.41) is 0. The van der Waals surface area contributed by atoms with Gasteiger partial charge in [-0.25, -0.2) is 10.8 Å². The zero-order chi connectivity index (χ0) is 14.6. The van der Waals surface area contributed by atoms with Crippen molar-refractivity contribution in [3.05, 3.63) is 18.1 Å². The Morgan fingerprint density at radius 1 is 1.35 bits per heavy atom. The van der Waals surface area contributed by atoms with Crippen molar-refractivity contribution in [3.8, 4) is 0 Å². The fourth-order valence-corrected chi connectivity index (χ4v) is 2.84. The van der Waals surface area contributed by atoms with Crippen LogP contribution in [0.25, 0.3) is 0 Å². The molecule has 1 saturated heterocycles. The normalized spacial score (nSPS) is 17.9. The lowest BCUT2D eigenvalue weighted by Gasteiger charge is -2.40. The molecule has 0 spiro atoms. The van der Waals surface area contributed by atoms with Gasteiger partial charge in [-0.1, -0.05) is 26.7 Å². The Labute approximate surface area is 119 Å². The Kier molecular flexibility index (Phi) is 4.54. The average Bonchev–Trinajstić information content (AvgIpc) is 2.54. The molecule has 110 valence electrons. The second kappa shape index (κ2) is 6.17. The first kappa shape index (κ1) is 14.7. The molecule has 0 saturated carbocycles. The number of hydrazine groups is 1. The van der Waals surface area contributed by atoms with E-state index in [-0.39, 0.29) is 5.91 Å². The SMILES string of the molecule is CCC1(CC)CCN(C(=O)c2cncc(NN)n2)CC1. The van der Waals surface area contributed by atoms with Crippen LogP contribution in [0.3, 0.4) is 0 Å². The zero-order valence-corrected chi connectivity index (χ0v) is 12.2. The van der Waals surface area contributed by atoms with Gasteiger partial charge in [0.1, 0.15) is 5.69 Å². The lowest BCUT2D eigenvalue weighted by Crippen LogP contribution is -2.43. The van der Waals surface area contributed by atoms with E-state index in [1.165, 1.54) is 25.2 Å². The van der Waals surface area contributed by atoms with Gasteiger partial charge in [0, 0.05) is 13.1 Å². The van der Waals surface area contributed by atoms with Crippen LogP contribution in [0.5, 0.6) is 0 Å². The van der Waals surface area contributed by atoms with E-state index in [1.54, 1.807) is 0 Å². The average molecular weight is 277 g/mol. The molecule has 1 aromatic heterocycles. The van der Waals surface area contributed by atoms with Crippen molar-refractivity contribution in [1.29, 1.82) is 0 Å². The number of nitrogen functional groups attached to an aromatic ring is 1. The van der Waals surface area contributed by atoms with Crippen LogP contribution in [0.4, 0.5) is 5.82 Å². The number of nitrogens with one attached hydrogen (secondary N) is 1. The van der Waals surface area contributed by atoms with Gasteiger partial charge in [-0.3, -0.25) is 9.78 Å². The quantitative estimate of drug-likeness (QED) is 0.647. The van der Waals surface area contributed by atoms with Gasteiger partial charge in [0.2, 0.25) is 0 Å². The number of amides is 1. The molecule has 1 aliphatic rings. The molecule has 0 bridgehead atoms. The van der Waals surface area contributed by atoms with E-state index < -0.39 is 0 Å². The van der Waals surface area contributed by atoms with Crippen molar-refractivity contribution in [2.24, 2.45) is 11.3 Å². The molecule has 6 nitrogen and oxygen atoms in total. The minimum absolute atomic E-state index is 0.0598. The lowest BCUT2D eigenvalue weighted by atomic mass is 9.74. The number of likely N-dealkylation sites (tertiary alicyclic amines) is 1. The van der Waals surface area contributed by atoms with Crippen LogP contribution in [0, 0.1) is 5.41 Å². The highest BCUT2D eigenvalue weighted by atomic mass is 16.2. The zero-order valence-electron chi connectivity index (χ0n) is 12.2. The van der Waals surface area contributed by atoms with Gasteiger partial charge in [-0.2, -0.15) is 0 Å². The molecule has 20 heavy (non-hydrogen) atoms. The minimum Gasteiger partial charge on any atom is -0.337 e. The highest BCUT2D eigenvalue weighted by Crippen LogP contribution is 2.38. The predicted octanol–water partition coefficient (Wildman–Crippen LogP) is 1.80. The van der Waals surface area contributed by atoms with E-state index >= 15 is 0 Å². The van der Waals surface area contributed by atoms with E-state index in [2.05, 4.69) is 29.2 Å². The maximum atomic E-state index is 12.4. The number of hydrogen-bond donors (Lipinski definition) is 2. The number of carbonyl (C=O) groups is 1. The molecule has 0 atom stereocenters. The van der Waals surface area contributed by atoms with E-state index in [0.717, 1.165) is 25.9 Å². The maximum absolute atomic E-state index is 12.4. The Morgan fingerprint density at radius 2 is 2.00 bits per heavy atom. The van der Waals surface area contributed by atoms with Gasteiger partial charge in [0.05, 0.1) is 12.4 Å². The van der Waals surface area contributed by atoms with Crippen LogP contribution in [-0.4, -0.2) is 33.9 Å². The van der Waals surface area contributed by atoms with Crippen molar-refractivity contribution in [1.82, 2.24) is 14.9 Å². The Balaban J connectivity index is 2.04. The topological polar surface area (TPSA) is 84.1 Å². The third-order valence-electron chi connectivity index (χ3n) is 4.61. The summed E-state index contributed by atoms with van der Waals surface area (Å²) in [6, 6.07) is 0. The highest BCUT2D eigenvalue weighted by Gasteiger charge is 2.33. The van der Waals surface area contributed by atoms with Crippen LogP contribution in [-0.2, 0) is 0 Å². The largest absolute Gasteiger partial charge is 0.337 e. The molecular weight excluding hydrogens is 254 g/mol. The van der Waals surface area contributed by atoms with E-state index in [1.807, 2.05) is 4.90 Å². The molecule has 3 N–H and O–H groups in total. The summed E-state index contributed by atoms with van der Waals surface area (Å²) >= 11 is 0. The van der Waals surface area contributed by atoms with Crippen LogP contribution in [0.1, 0.15) is 50.0 Å². The molecule has 1 aromatic rings. The third-order valence-corrected chi connectivity index (χ3v) is 4.61. The van der Waals surface area contributed by atoms with E-state index in [9.17, 15) is 4.79 Å². The highest BCUT2D eigenvalue weighted by molar-refractivity contribution is 5.92.